The highest BCUT2D eigenvalue weighted by Crippen LogP contribution is 2.29. The van der Waals surface area contributed by atoms with Gasteiger partial charge in [0.15, 0.2) is 0 Å². The first-order chi connectivity index (χ1) is 13.7. The maximum absolute atomic E-state index is 13.1. The summed E-state index contributed by atoms with van der Waals surface area (Å²) in [7, 11) is -7.37. The molecule has 0 N–H and O–H groups in total. The number of rotatable bonds is 4. The summed E-state index contributed by atoms with van der Waals surface area (Å²) in [6, 6.07) is 14.4. The van der Waals surface area contributed by atoms with E-state index in [1.165, 1.54) is 16.2 Å². The SMILES string of the molecule is CC1CC(C)CN(S(=O)(=O)c2ccc3c(ccn3S(=O)(=O)c3ccccc3)c2)C1. The molecule has 0 bridgehead atoms. The van der Waals surface area contributed by atoms with Gasteiger partial charge in [0, 0.05) is 24.7 Å². The molecule has 0 amide bonds. The molecule has 2 unspecified atom stereocenters. The summed E-state index contributed by atoms with van der Waals surface area (Å²) in [5, 5.41) is 0.573. The summed E-state index contributed by atoms with van der Waals surface area (Å²) >= 11 is 0. The summed E-state index contributed by atoms with van der Waals surface area (Å²) in [5.74, 6) is 0.628. The standard InChI is InChI=1S/C21H24N2O4S2/c1-16-12-17(2)15-22(14-16)28(24,25)20-8-9-21-18(13-20)10-11-23(21)29(26,27)19-6-4-3-5-7-19/h3-11,13,16-17H,12,14-15H2,1-2H3. The fourth-order valence-corrected chi connectivity index (χ4v) is 7.21. The van der Waals surface area contributed by atoms with Crippen LogP contribution in [0.1, 0.15) is 20.3 Å². The number of sulfonamides is 1. The smallest absolute Gasteiger partial charge is 0.241 e. The minimum atomic E-state index is -3.75. The van der Waals surface area contributed by atoms with Crippen molar-refractivity contribution in [1.82, 2.24) is 8.28 Å². The summed E-state index contributed by atoms with van der Waals surface area (Å²) in [6.07, 6.45) is 2.49. The highest BCUT2D eigenvalue weighted by Gasteiger charge is 2.32. The first-order valence-electron chi connectivity index (χ1n) is 9.61. The van der Waals surface area contributed by atoms with Gasteiger partial charge in [-0.1, -0.05) is 32.0 Å². The van der Waals surface area contributed by atoms with Gasteiger partial charge in [0.1, 0.15) is 0 Å². The third kappa shape index (κ3) is 3.60. The van der Waals surface area contributed by atoms with E-state index in [0.717, 1.165) is 6.42 Å². The van der Waals surface area contributed by atoms with Crippen molar-refractivity contribution in [2.24, 2.45) is 11.8 Å². The highest BCUT2D eigenvalue weighted by atomic mass is 32.2. The Morgan fingerprint density at radius 3 is 2.10 bits per heavy atom. The quantitative estimate of drug-likeness (QED) is 0.632. The molecule has 1 aliphatic heterocycles. The Bertz CT molecular complexity index is 1240. The average molecular weight is 433 g/mol. The molecule has 8 heteroatoms. The van der Waals surface area contributed by atoms with E-state index in [1.807, 2.05) is 0 Å². The Kier molecular flexibility index (Phi) is 5.04. The topological polar surface area (TPSA) is 76.5 Å². The van der Waals surface area contributed by atoms with Gasteiger partial charge >= 0.3 is 0 Å². The monoisotopic (exact) mass is 432 g/mol. The molecule has 6 nitrogen and oxygen atoms in total. The molecule has 29 heavy (non-hydrogen) atoms. The van der Waals surface area contributed by atoms with Crippen LogP contribution in [0.2, 0.25) is 0 Å². The van der Waals surface area contributed by atoms with Crippen LogP contribution in [0, 0.1) is 11.8 Å². The van der Waals surface area contributed by atoms with Crippen molar-refractivity contribution in [1.29, 1.82) is 0 Å². The van der Waals surface area contributed by atoms with Crippen LogP contribution >= 0.6 is 0 Å². The van der Waals surface area contributed by atoms with Gasteiger partial charge in [-0.3, -0.25) is 0 Å². The third-order valence-electron chi connectivity index (χ3n) is 5.40. The van der Waals surface area contributed by atoms with Gasteiger partial charge in [-0.05, 0) is 54.7 Å². The van der Waals surface area contributed by atoms with Crippen molar-refractivity contribution >= 4 is 30.9 Å². The number of aromatic nitrogens is 1. The molecule has 2 heterocycles. The second-order valence-corrected chi connectivity index (χ2v) is 11.7. The molecule has 3 aromatic rings. The van der Waals surface area contributed by atoms with Crippen LogP contribution in [-0.4, -0.2) is 38.2 Å². The Balaban J connectivity index is 1.74. The molecule has 1 fully saturated rings. The van der Waals surface area contributed by atoms with E-state index in [9.17, 15) is 16.8 Å². The van der Waals surface area contributed by atoms with Gasteiger partial charge in [0.2, 0.25) is 10.0 Å². The zero-order valence-electron chi connectivity index (χ0n) is 16.4. The molecule has 2 aromatic carbocycles. The summed E-state index contributed by atoms with van der Waals surface area (Å²) in [5.41, 5.74) is 0.452. The van der Waals surface area contributed by atoms with Crippen molar-refractivity contribution in [3.05, 3.63) is 60.8 Å². The highest BCUT2D eigenvalue weighted by molar-refractivity contribution is 7.90. The lowest BCUT2D eigenvalue weighted by molar-refractivity contribution is 0.222. The second kappa shape index (κ2) is 7.27. The normalized spacial score (nSPS) is 21.4. The van der Waals surface area contributed by atoms with Crippen molar-refractivity contribution < 1.29 is 16.8 Å². The van der Waals surface area contributed by atoms with Crippen LogP contribution in [-0.2, 0) is 20.0 Å². The van der Waals surface area contributed by atoms with E-state index in [2.05, 4.69) is 13.8 Å². The van der Waals surface area contributed by atoms with Gasteiger partial charge in [-0.15, -0.1) is 0 Å². The number of nitrogens with zero attached hydrogens (tertiary/aromatic N) is 2. The van der Waals surface area contributed by atoms with Crippen LogP contribution in [0.3, 0.4) is 0 Å². The van der Waals surface area contributed by atoms with Gasteiger partial charge in [-0.25, -0.2) is 20.8 Å². The molecule has 0 aliphatic carbocycles. The minimum absolute atomic E-state index is 0.186. The van der Waals surface area contributed by atoms with Gasteiger partial charge in [-0.2, -0.15) is 4.31 Å². The number of hydrogen-bond donors (Lipinski definition) is 0. The molecule has 0 radical (unpaired) electrons. The van der Waals surface area contributed by atoms with E-state index in [-0.39, 0.29) is 9.79 Å². The first-order valence-corrected chi connectivity index (χ1v) is 12.5. The summed E-state index contributed by atoms with van der Waals surface area (Å²) < 4.78 is 54.9. The molecular formula is C21H24N2O4S2. The molecule has 2 atom stereocenters. The van der Waals surface area contributed by atoms with Crippen LogP contribution < -0.4 is 0 Å². The number of benzene rings is 2. The molecule has 0 saturated carbocycles. The molecule has 154 valence electrons. The molecule has 1 aromatic heterocycles. The zero-order chi connectivity index (χ0) is 20.8. The number of piperidine rings is 1. The van der Waals surface area contributed by atoms with E-state index >= 15 is 0 Å². The number of fused-ring (bicyclic) bond motifs is 1. The molecular weight excluding hydrogens is 408 g/mol. The van der Waals surface area contributed by atoms with Crippen LogP contribution in [0.25, 0.3) is 10.9 Å². The largest absolute Gasteiger partial charge is 0.268 e. The van der Waals surface area contributed by atoms with Crippen LogP contribution in [0.4, 0.5) is 0 Å². The van der Waals surface area contributed by atoms with Crippen molar-refractivity contribution in [3.63, 3.8) is 0 Å². The first kappa shape index (κ1) is 20.1. The number of hydrogen-bond acceptors (Lipinski definition) is 4. The maximum Gasteiger partial charge on any atom is 0.268 e. The van der Waals surface area contributed by atoms with Gasteiger partial charge in [0.25, 0.3) is 10.0 Å². The maximum atomic E-state index is 13.1. The average Bonchev–Trinajstić information content (AvgIpc) is 3.12. The molecule has 0 spiro atoms. The van der Waals surface area contributed by atoms with E-state index in [0.29, 0.717) is 35.8 Å². The lowest BCUT2D eigenvalue weighted by atomic mass is 9.94. The molecule has 4 rings (SSSR count). The fourth-order valence-electron chi connectivity index (χ4n) is 4.12. The summed E-state index contributed by atoms with van der Waals surface area (Å²) in [6.45, 7) is 5.15. The van der Waals surface area contributed by atoms with Crippen molar-refractivity contribution in [2.75, 3.05) is 13.1 Å². The van der Waals surface area contributed by atoms with Crippen LogP contribution in [0.15, 0.2) is 70.6 Å². The van der Waals surface area contributed by atoms with Gasteiger partial charge in [0.05, 0.1) is 15.3 Å². The predicted molar refractivity (Wildman–Crippen MR) is 113 cm³/mol. The van der Waals surface area contributed by atoms with E-state index in [1.54, 1.807) is 52.8 Å². The minimum Gasteiger partial charge on any atom is -0.241 e. The second-order valence-electron chi connectivity index (χ2n) is 7.92. The fraction of sp³-hybridized carbons (Fsp3) is 0.333. The third-order valence-corrected chi connectivity index (χ3v) is 8.93. The Morgan fingerprint density at radius 1 is 0.793 bits per heavy atom. The Labute approximate surface area is 171 Å². The van der Waals surface area contributed by atoms with E-state index in [4.69, 9.17) is 0 Å². The van der Waals surface area contributed by atoms with Crippen molar-refractivity contribution in [2.45, 2.75) is 30.1 Å². The molecule has 1 saturated heterocycles. The lowest BCUT2D eigenvalue weighted by Crippen LogP contribution is -2.42. The summed E-state index contributed by atoms with van der Waals surface area (Å²) in [4.78, 5) is 0.381. The van der Waals surface area contributed by atoms with Gasteiger partial charge < -0.3 is 0 Å². The lowest BCUT2D eigenvalue weighted by Gasteiger charge is -2.34. The Morgan fingerprint density at radius 2 is 1.45 bits per heavy atom. The zero-order valence-corrected chi connectivity index (χ0v) is 18.0. The van der Waals surface area contributed by atoms with E-state index < -0.39 is 20.0 Å². The Hall–Kier alpha value is -2.16. The molecule has 1 aliphatic rings. The predicted octanol–water partition coefficient (Wildman–Crippen LogP) is 3.54. The van der Waals surface area contributed by atoms with Crippen LogP contribution in [0.5, 0.6) is 0 Å². The van der Waals surface area contributed by atoms with Crippen molar-refractivity contribution in [3.8, 4) is 0 Å².